The molecule has 8 N–H and O–H groups in total. The molecule has 2 saturated heterocycles. The summed E-state index contributed by atoms with van der Waals surface area (Å²) in [5.41, 5.74) is 0.207. The van der Waals surface area contributed by atoms with Gasteiger partial charge in [-0.2, -0.15) is 0 Å². The summed E-state index contributed by atoms with van der Waals surface area (Å²) in [6.45, 7) is 3.57. The lowest BCUT2D eigenvalue weighted by molar-refractivity contribution is -0.143. The maximum absolute atomic E-state index is 13.4. The molecule has 0 aromatic carbocycles. The van der Waals surface area contributed by atoms with Crippen LogP contribution in [0.4, 0.5) is 0 Å². The summed E-state index contributed by atoms with van der Waals surface area (Å²) in [6, 6.07) is -1.01. The van der Waals surface area contributed by atoms with Gasteiger partial charge in [0, 0.05) is 52.7 Å². The minimum atomic E-state index is -1.27. The Morgan fingerprint density at radius 2 is 1.38 bits per heavy atom. The number of ether oxygens (including phenoxy) is 1. The van der Waals surface area contributed by atoms with Crippen LogP contribution in [0.1, 0.15) is 44.9 Å². The van der Waals surface area contributed by atoms with Gasteiger partial charge < -0.3 is 51.1 Å². The van der Waals surface area contributed by atoms with Crippen molar-refractivity contribution >= 4 is 53.8 Å². The second kappa shape index (κ2) is 28.1. The van der Waals surface area contributed by atoms with E-state index in [1.54, 1.807) is 4.90 Å². The SMILES string of the molecule is C=C(/C=C(\C=N/C)OCCNC(=O)CN(CCN(CCN(CC(=O)O)CC(=O)O)CC(=O)O)CC(=O)O)[C@H](CC(=O)O)NC(=O)[C@@H]1CCCN(C(=O)CCC2CCNCC2)C1. The first-order valence-electron chi connectivity index (χ1n) is 20.2. The largest absolute Gasteiger partial charge is 0.490 e. The van der Waals surface area contributed by atoms with Gasteiger partial charge in [0.15, 0.2) is 0 Å². The molecule has 2 aliphatic heterocycles. The molecule has 0 bridgehead atoms. The fourth-order valence-electron chi connectivity index (χ4n) is 6.99. The zero-order valence-electron chi connectivity index (χ0n) is 34.8. The summed E-state index contributed by atoms with van der Waals surface area (Å²) in [5.74, 6) is -7.05. The van der Waals surface area contributed by atoms with E-state index in [0.717, 1.165) is 37.3 Å². The van der Waals surface area contributed by atoms with Crippen molar-refractivity contribution < 1.29 is 68.6 Å². The summed E-state index contributed by atoms with van der Waals surface area (Å²) >= 11 is 0. The van der Waals surface area contributed by atoms with Gasteiger partial charge in [-0.1, -0.05) is 6.58 Å². The zero-order chi connectivity index (χ0) is 45.3. The number of carbonyl (C=O) groups is 8. The smallest absolute Gasteiger partial charge is 0.317 e. The highest BCUT2D eigenvalue weighted by Gasteiger charge is 2.31. The predicted octanol–water partition coefficient (Wildman–Crippen LogP) is -1.52. The Balaban J connectivity index is 1.95. The number of aliphatic carboxylic acids is 5. The second-order valence-electron chi connectivity index (χ2n) is 15.0. The number of hydrogen-bond donors (Lipinski definition) is 8. The van der Waals surface area contributed by atoms with Gasteiger partial charge in [-0.15, -0.1) is 0 Å². The van der Waals surface area contributed by atoms with Gasteiger partial charge >= 0.3 is 29.8 Å². The number of carboxylic acids is 5. The average molecular weight is 867 g/mol. The number of aliphatic imine (C=N–C) groups is 1. The molecule has 2 fully saturated rings. The molecular formula is C39H62N8O14. The summed E-state index contributed by atoms with van der Waals surface area (Å²) in [5, 5.41) is 55.3. The number of rotatable bonds is 30. The summed E-state index contributed by atoms with van der Waals surface area (Å²) < 4.78 is 5.75. The minimum absolute atomic E-state index is 0.0105. The fourth-order valence-corrected chi connectivity index (χ4v) is 6.99. The molecule has 61 heavy (non-hydrogen) atoms. The van der Waals surface area contributed by atoms with Crippen molar-refractivity contribution in [2.75, 3.05) is 105 Å². The van der Waals surface area contributed by atoms with Crippen molar-refractivity contribution in [1.82, 2.24) is 35.6 Å². The van der Waals surface area contributed by atoms with Crippen LogP contribution in [0.5, 0.6) is 0 Å². The van der Waals surface area contributed by atoms with Gasteiger partial charge in [0.2, 0.25) is 17.7 Å². The number of amides is 3. The molecule has 0 aliphatic carbocycles. The zero-order valence-corrected chi connectivity index (χ0v) is 34.8. The first-order valence-corrected chi connectivity index (χ1v) is 20.2. The summed E-state index contributed by atoms with van der Waals surface area (Å²) in [4.78, 5) is 106. The lowest BCUT2D eigenvalue weighted by Gasteiger charge is -2.33. The van der Waals surface area contributed by atoms with Crippen LogP contribution >= 0.6 is 0 Å². The van der Waals surface area contributed by atoms with E-state index in [4.69, 9.17) is 14.9 Å². The van der Waals surface area contributed by atoms with E-state index in [9.17, 15) is 53.7 Å². The average Bonchev–Trinajstić information content (AvgIpc) is 3.18. The third kappa shape index (κ3) is 22.7. The highest BCUT2D eigenvalue weighted by molar-refractivity contribution is 5.83. The molecule has 22 heteroatoms. The normalized spacial score (nSPS) is 16.7. The van der Waals surface area contributed by atoms with Crippen molar-refractivity contribution in [2.24, 2.45) is 16.8 Å². The van der Waals surface area contributed by atoms with Crippen molar-refractivity contribution in [3.8, 4) is 0 Å². The molecule has 0 radical (unpaired) electrons. The number of carboxylic acid groups (broad SMARTS) is 5. The number of likely N-dealkylation sites (tertiary alicyclic amines) is 1. The molecule has 0 aromatic heterocycles. The maximum atomic E-state index is 13.4. The Morgan fingerprint density at radius 3 is 1.93 bits per heavy atom. The number of allylic oxidation sites excluding steroid dienone is 1. The molecule has 2 heterocycles. The van der Waals surface area contributed by atoms with Gasteiger partial charge in [-0.25, -0.2) is 0 Å². The number of hydrogen-bond acceptors (Lipinski definition) is 14. The quantitative estimate of drug-likeness (QED) is 0.0176. The van der Waals surface area contributed by atoms with Gasteiger partial charge in [0.25, 0.3) is 0 Å². The molecule has 2 rings (SSSR count). The number of carbonyl (C=O) groups excluding carboxylic acids is 3. The van der Waals surface area contributed by atoms with Gasteiger partial charge in [-0.05, 0) is 62.8 Å². The molecule has 0 unspecified atom stereocenters. The van der Waals surface area contributed by atoms with Crippen LogP contribution in [0.2, 0.25) is 0 Å². The highest BCUT2D eigenvalue weighted by Crippen LogP contribution is 2.22. The lowest BCUT2D eigenvalue weighted by atomic mass is 9.92. The monoisotopic (exact) mass is 866 g/mol. The van der Waals surface area contributed by atoms with Crippen LogP contribution in [0.25, 0.3) is 0 Å². The second-order valence-corrected chi connectivity index (χ2v) is 15.0. The van der Waals surface area contributed by atoms with Crippen LogP contribution in [0, 0.1) is 11.8 Å². The van der Waals surface area contributed by atoms with E-state index in [2.05, 4.69) is 27.5 Å². The molecular weight excluding hydrogens is 804 g/mol. The predicted molar refractivity (Wildman–Crippen MR) is 219 cm³/mol. The summed E-state index contributed by atoms with van der Waals surface area (Å²) in [7, 11) is 1.47. The molecule has 0 spiro atoms. The third-order valence-corrected chi connectivity index (χ3v) is 10.1. The third-order valence-electron chi connectivity index (χ3n) is 10.1. The van der Waals surface area contributed by atoms with Crippen LogP contribution in [-0.4, -0.2) is 210 Å². The van der Waals surface area contributed by atoms with Crippen LogP contribution < -0.4 is 16.0 Å². The molecule has 0 aromatic rings. The fraction of sp³-hybridized carbons (Fsp3) is 0.667. The molecule has 0 saturated carbocycles. The number of piperidine rings is 2. The Morgan fingerprint density at radius 1 is 0.820 bits per heavy atom. The van der Waals surface area contributed by atoms with Crippen molar-refractivity contribution in [3.63, 3.8) is 0 Å². The molecule has 2 atom stereocenters. The molecule has 3 amide bonds. The Bertz CT molecular complexity index is 1570. The van der Waals surface area contributed by atoms with Crippen molar-refractivity contribution in [1.29, 1.82) is 0 Å². The van der Waals surface area contributed by atoms with Gasteiger partial charge in [0.05, 0.1) is 63.9 Å². The topological polar surface area (TPSA) is 308 Å². The van der Waals surface area contributed by atoms with E-state index >= 15 is 0 Å². The lowest BCUT2D eigenvalue weighted by Crippen LogP contribution is -2.48. The van der Waals surface area contributed by atoms with E-state index in [1.807, 2.05) is 0 Å². The van der Waals surface area contributed by atoms with E-state index in [-0.39, 0.29) is 63.1 Å². The highest BCUT2D eigenvalue weighted by atomic mass is 16.5. The van der Waals surface area contributed by atoms with Crippen molar-refractivity contribution in [2.45, 2.75) is 51.0 Å². The Labute approximate surface area is 354 Å². The maximum Gasteiger partial charge on any atom is 0.317 e. The number of nitrogens with zero attached hydrogens (tertiary/aromatic N) is 5. The van der Waals surface area contributed by atoms with E-state index < -0.39 is 92.8 Å². The molecule has 2 aliphatic rings. The standard InChI is InChI=1S/C39H62N8O14/c1-27(31(19-34(50)51)43-39(60)29-4-3-12-47(21-29)33(49)6-5-28-7-9-41-10-8-28)18-30(20-40-2)61-17-11-42-32(48)22-45(24-36(54)55)15-13-44(23-35(52)53)14-16-46(25-37(56)57)26-38(58)59/h18,20,28-29,31,41H,1,3-17,19,21-26H2,2H3,(H,42,48)(H,43,60)(H,50,51)(H,52,53)(H,54,55)(H,56,57)(H,58,59)/b30-18+,40-20-/t29-,31+/m1/s1. The minimum Gasteiger partial charge on any atom is -0.490 e. The summed E-state index contributed by atoms with van der Waals surface area (Å²) in [6.07, 6.45) is 6.75. The Hall–Kier alpha value is -5.45. The van der Waals surface area contributed by atoms with E-state index in [0.29, 0.717) is 31.7 Å². The van der Waals surface area contributed by atoms with Crippen molar-refractivity contribution in [3.05, 3.63) is 24.0 Å². The first-order chi connectivity index (χ1) is 28.9. The molecule has 22 nitrogen and oxygen atoms in total. The number of nitrogens with one attached hydrogen (secondary N) is 3. The van der Waals surface area contributed by atoms with Crippen LogP contribution in [0.3, 0.4) is 0 Å². The Kier molecular flexibility index (Phi) is 23.9. The van der Waals surface area contributed by atoms with Gasteiger partial charge in [0.1, 0.15) is 12.4 Å². The van der Waals surface area contributed by atoms with Crippen LogP contribution in [0.15, 0.2) is 29.0 Å². The first kappa shape index (κ1) is 51.7. The molecule has 342 valence electrons. The van der Waals surface area contributed by atoms with Gasteiger partial charge in [-0.3, -0.25) is 58.0 Å². The van der Waals surface area contributed by atoms with E-state index in [1.165, 1.54) is 29.1 Å². The van der Waals surface area contributed by atoms with Crippen LogP contribution in [-0.2, 0) is 43.1 Å².